The molecule has 0 aliphatic carbocycles. The number of fused-ring (bicyclic) bond motifs is 1. The molecule has 0 N–H and O–H groups in total. The lowest BCUT2D eigenvalue weighted by Crippen LogP contribution is -2.30. The van der Waals surface area contributed by atoms with Crippen LogP contribution in [0.5, 0.6) is 5.88 Å². The summed E-state index contributed by atoms with van der Waals surface area (Å²) in [4.78, 5) is 7.27. The van der Waals surface area contributed by atoms with Crippen molar-refractivity contribution in [2.75, 3.05) is 20.2 Å². The van der Waals surface area contributed by atoms with E-state index in [2.05, 4.69) is 18.0 Å². The first-order chi connectivity index (χ1) is 9.31. The molecule has 0 saturated carbocycles. The molecule has 0 bridgehead atoms. The topological polar surface area (TPSA) is 29.8 Å². The summed E-state index contributed by atoms with van der Waals surface area (Å²) in [5.74, 6) is 0.843. The average molecular weight is 259 g/mol. The Hall–Kier alpha value is -1.55. The van der Waals surface area contributed by atoms with Crippen molar-refractivity contribution < 1.29 is 4.74 Å². The molecule has 4 heteroatoms. The minimum absolute atomic E-state index is 0.654. The van der Waals surface area contributed by atoms with Gasteiger partial charge in [-0.2, -0.15) is 0 Å². The molecule has 0 radical (unpaired) electrons. The van der Waals surface area contributed by atoms with E-state index in [9.17, 15) is 0 Å². The maximum atomic E-state index is 5.37. The van der Waals surface area contributed by atoms with Gasteiger partial charge in [0, 0.05) is 18.7 Å². The molecule has 3 rings (SSSR count). The fraction of sp³-hybridized carbons (Fsp3) is 0.533. The molecule has 102 valence electrons. The third-order valence-electron chi connectivity index (χ3n) is 4.06. The summed E-state index contributed by atoms with van der Waals surface area (Å²) in [6.07, 6.45) is 5.76. The van der Waals surface area contributed by atoms with Crippen molar-refractivity contribution in [3.05, 3.63) is 30.1 Å². The van der Waals surface area contributed by atoms with Crippen molar-refractivity contribution in [1.29, 1.82) is 0 Å². The van der Waals surface area contributed by atoms with Crippen LogP contribution >= 0.6 is 0 Å². The molecule has 0 amide bonds. The van der Waals surface area contributed by atoms with Crippen molar-refractivity contribution in [2.24, 2.45) is 0 Å². The van der Waals surface area contributed by atoms with Crippen molar-refractivity contribution in [1.82, 2.24) is 14.3 Å². The second-order valence-corrected chi connectivity index (χ2v) is 5.16. The van der Waals surface area contributed by atoms with Crippen LogP contribution in [0.25, 0.3) is 5.65 Å². The zero-order chi connectivity index (χ0) is 13.2. The number of likely N-dealkylation sites (N-methyl/N-ethyl adjacent to an activating group) is 1. The van der Waals surface area contributed by atoms with Gasteiger partial charge in [0.1, 0.15) is 5.65 Å². The van der Waals surface area contributed by atoms with Gasteiger partial charge in [-0.1, -0.05) is 13.0 Å². The standard InChI is InChI=1S/C15H21N3O/c1-3-17-9-5-6-13(17)10-12-11-18-14(16-12)7-4-8-15(18)19-2/h4,7-8,11,13H,3,5-6,9-10H2,1-2H3. The number of ether oxygens (including phenoxy) is 1. The average Bonchev–Trinajstić information content (AvgIpc) is 3.04. The van der Waals surface area contributed by atoms with Crippen molar-refractivity contribution in [2.45, 2.75) is 32.2 Å². The van der Waals surface area contributed by atoms with Crippen LogP contribution in [0, 0.1) is 0 Å². The molecule has 2 aromatic rings. The number of imidazole rings is 1. The minimum atomic E-state index is 0.654. The van der Waals surface area contributed by atoms with Crippen molar-refractivity contribution >= 4 is 5.65 Å². The Morgan fingerprint density at radius 1 is 1.42 bits per heavy atom. The Morgan fingerprint density at radius 3 is 3.11 bits per heavy atom. The van der Waals surface area contributed by atoms with Crippen LogP contribution in [0.4, 0.5) is 0 Å². The zero-order valence-corrected chi connectivity index (χ0v) is 11.7. The van der Waals surface area contributed by atoms with Gasteiger partial charge in [-0.3, -0.25) is 4.40 Å². The van der Waals surface area contributed by atoms with E-state index in [1.165, 1.54) is 19.4 Å². The molecule has 4 nitrogen and oxygen atoms in total. The van der Waals surface area contributed by atoms with E-state index in [-0.39, 0.29) is 0 Å². The first kappa shape index (κ1) is 12.5. The van der Waals surface area contributed by atoms with E-state index < -0.39 is 0 Å². The second-order valence-electron chi connectivity index (χ2n) is 5.16. The van der Waals surface area contributed by atoms with Gasteiger partial charge in [-0.05, 0) is 38.1 Å². The van der Waals surface area contributed by atoms with Crippen LogP contribution in [0.2, 0.25) is 0 Å². The van der Waals surface area contributed by atoms with E-state index in [0.29, 0.717) is 6.04 Å². The smallest absolute Gasteiger partial charge is 0.198 e. The van der Waals surface area contributed by atoms with E-state index in [1.807, 2.05) is 22.6 Å². The summed E-state index contributed by atoms with van der Waals surface area (Å²) in [6, 6.07) is 6.63. The molecule has 1 fully saturated rings. The number of hydrogen-bond acceptors (Lipinski definition) is 3. The minimum Gasteiger partial charge on any atom is -0.482 e. The number of likely N-dealkylation sites (tertiary alicyclic amines) is 1. The van der Waals surface area contributed by atoms with Gasteiger partial charge in [0.25, 0.3) is 0 Å². The zero-order valence-electron chi connectivity index (χ0n) is 11.7. The number of rotatable bonds is 4. The molecule has 1 aliphatic rings. The molecule has 19 heavy (non-hydrogen) atoms. The number of pyridine rings is 1. The summed E-state index contributed by atoms with van der Waals surface area (Å²) in [5, 5.41) is 0. The van der Waals surface area contributed by atoms with Crippen LogP contribution in [0.1, 0.15) is 25.5 Å². The molecule has 0 aromatic carbocycles. The highest BCUT2D eigenvalue weighted by atomic mass is 16.5. The maximum absolute atomic E-state index is 5.37. The summed E-state index contributed by atoms with van der Waals surface area (Å²) < 4.78 is 7.39. The highest BCUT2D eigenvalue weighted by Crippen LogP contribution is 2.22. The highest BCUT2D eigenvalue weighted by molar-refractivity contribution is 5.43. The molecule has 1 unspecified atom stereocenters. The van der Waals surface area contributed by atoms with Crippen molar-refractivity contribution in [3.8, 4) is 5.88 Å². The number of hydrogen-bond donors (Lipinski definition) is 0. The maximum Gasteiger partial charge on any atom is 0.198 e. The van der Waals surface area contributed by atoms with Gasteiger partial charge in [0.15, 0.2) is 5.88 Å². The van der Waals surface area contributed by atoms with Crippen LogP contribution in [0.3, 0.4) is 0 Å². The van der Waals surface area contributed by atoms with E-state index in [1.54, 1.807) is 7.11 Å². The molecular weight excluding hydrogens is 238 g/mol. The lowest BCUT2D eigenvalue weighted by molar-refractivity contribution is 0.265. The molecule has 3 heterocycles. The first-order valence-corrected chi connectivity index (χ1v) is 7.07. The van der Waals surface area contributed by atoms with E-state index in [0.717, 1.165) is 30.2 Å². The quantitative estimate of drug-likeness (QED) is 0.844. The molecule has 1 aliphatic heterocycles. The third-order valence-corrected chi connectivity index (χ3v) is 4.06. The van der Waals surface area contributed by atoms with Gasteiger partial charge in [-0.25, -0.2) is 4.98 Å². The highest BCUT2D eigenvalue weighted by Gasteiger charge is 2.24. The summed E-state index contributed by atoms with van der Waals surface area (Å²) in [6.45, 7) is 4.62. The largest absolute Gasteiger partial charge is 0.482 e. The number of aromatic nitrogens is 2. The second kappa shape index (κ2) is 5.21. The monoisotopic (exact) mass is 259 g/mol. The van der Waals surface area contributed by atoms with Crippen molar-refractivity contribution in [3.63, 3.8) is 0 Å². The molecule has 1 saturated heterocycles. The SMILES string of the molecule is CCN1CCCC1Cc1cn2c(OC)cccc2n1. The van der Waals surface area contributed by atoms with Crippen LogP contribution < -0.4 is 4.74 Å². The Balaban J connectivity index is 1.85. The van der Waals surface area contributed by atoms with Gasteiger partial charge < -0.3 is 9.64 Å². The Labute approximate surface area is 114 Å². The summed E-state index contributed by atoms with van der Waals surface area (Å²) in [5.41, 5.74) is 2.13. The summed E-state index contributed by atoms with van der Waals surface area (Å²) >= 11 is 0. The summed E-state index contributed by atoms with van der Waals surface area (Å²) in [7, 11) is 1.70. The Bertz CT molecular complexity index is 564. The van der Waals surface area contributed by atoms with Gasteiger partial charge >= 0.3 is 0 Å². The predicted molar refractivity (Wildman–Crippen MR) is 75.7 cm³/mol. The van der Waals surface area contributed by atoms with E-state index in [4.69, 9.17) is 9.72 Å². The fourth-order valence-electron chi connectivity index (χ4n) is 3.08. The lowest BCUT2D eigenvalue weighted by atomic mass is 10.1. The number of methoxy groups -OCH3 is 1. The predicted octanol–water partition coefficient (Wildman–Crippen LogP) is 2.37. The Kier molecular flexibility index (Phi) is 3.42. The van der Waals surface area contributed by atoms with Crippen LogP contribution in [-0.2, 0) is 6.42 Å². The van der Waals surface area contributed by atoms with Gasteiger partial charge in [-0.15, -0.1) is 0 Å². The molecular formula is C15H21N3O. The van der Waals surface area contributed by atoms with Gasteiger partial charge in [0.2, 0.25) is 0 Å². The third kappa shape index (κ3) is 2.32. The number of nitrogens with zero attached hydrogens (tertiary/aromatic N) is 3. The molecule has 1 atom stereocenters. The Morgan fingerprint density at radius 2 is 2.32 bits per heavy atom. The molecule has 0 spiro atoms. The van der Waals surface area contributed by atoms with E-state index >= 15 is 0 Å². The molecule has 2 aromatic heterocycles. The first-order valence-electron chi connectivity index (χ1n) is 7.07. The lowest BCUT2D eigenvalue weighted by Gasteiger charge is -2.21. The van der Waals surface area contributed by atoms with Gasteiger partial charge in [0.05, 0.1) is 12.8 Å². The van der Waals surface area contributed by atoms with Crippen LogP contribution in [0.15, 0.2) is 24.4 Å². The normalized spacial score (nSPS) is 20.2. The fourth-order valence-corrected chi connectivity index (χ4v) is 3.08. The van der Waals surface area contributed by atoms with Crippen LogP contribution in [-0.4, -0.2) is 40.5 Å².